The molecule has 2 rings (SSSR count). The standard InChI is InChI=1S/C16H19FN2O/c1-3-6-20-15-8-13(10-19-11-15)12-4-5-16(17)14(7-12)9-18-2/h4-5,7-8,10-11,18H,3,6,9H2,1-2H3. The molecule has 0 radical (unpaired) electrons. The molecule has 3 nitrogen and oxygen atoms in total. The normalized spacial score (nSPS) is 10.6. The van der Waals surface area contributed by atoms with Gasteiger partial charge in [0.2, 0.25) is 0 Å². The number of halogens is 1. The Morgan fingerprint density at radius 1 is 1.20 bits per heavy atom. The number of hydrogen-bond acceptors (Lipinski definition) is 3. The lowest BCUT2D eigenvalue weighted by atomic mass is 10.0. The summed E-state index contributed by atoms with van der Waals surface area (Å²) in [5.74, 6) is 0.540. The van der Waals surface area contributed by atoms with Crippen molar-refractivity contribution < 1.29 is 9.13 Å². The highest BCUT2D eigenvalue weighted by Gasteiger charge is 2.06. The Bertz CT molecular complexity index is 572. The summed E-state index contributed by atoms with van der Waals surface area (Å²) in [6.45, 7) is 3.22. The zero-order valence-electron chi connectivity index (χ0n) is 11.8. The predicted molar refractivity (Wildman–Crippen MR) is 78.2 cm³/mol. The number of nitrogens with zero attached hydrogens (tertiary/aromatic N) is 1. The summed E-state index contributed by atoms with van der Waals surface area (Å²) in [7, 11) is 1.80. The van der Waals surface area contributed by atoms with Crippen molar-refractivity contribution in [1.82, 2.24) is 10.3 Å². The van der Waals surface area contributed by atoms with Crippen molar-refractivity contribution >= 4 is 0 Å². The maximum Gasteiger partial charge on any atom is 0.138 e. The second-order valence-electron chi connectivity index (χ2n) is 4.59. The molecule has 0 fully saturated rings. The van der Waals surface area contributed by atoms with Crippen molar-refractivity contribution in [3.05, 3.63) is 48.0 Å². The van der Waals surface area contributed by atoms with E-state index < -0.39 is 0 Å². The van der Waals surface area contributed by atoms with Crippen molar-refractivity contribution in [3.8, 4) is 16.9 Å². The first-order valence-electron chi connectivity index (χ1n) is 6.76. The van der Waals surface area contributed by atoms with Crippen LogP contribution in [0.5, 0.6) is 5.75 Å². The molecule has 0 saturated carbocycles. The van der Waals surface area contributed by atoms with Crippen LogP contribution in [0, 0.1) is 5.82 Å². The van der Waals surface area contributed by atoms with E-state index in [2.05, 4.69) is 17.2 Å². The summed E-state index contributed by atoms with van der Waals surface area (Å²) in [4.78, 5) is 4.18. The quantitative estimate of drug-likeness (QED) is 0.876. The van der Waals surface area contributed by atoms with Crippen LogP contribution in [0.4, 0.5) is 4.39 Å². The van der Waals surface area contributed by atoms with Gasteiger partial charge < -0.3 is 10.1 Å². The van der Waals surface area contributed by atoms with Gasteiger partial charge in [-0.15, -0.1) is 0 Å². The average Bonchev–Trinajstić information content (AvgIpc) is 2.48. The van der Waals surface area contributed by atoms with Crippen LogP contribution in [0.3, 0.4) is 0 Å². The topological polar surface area (TPSA) is 34.1 Å². The largest absolute Gasteiger partial charge is 0.492 e. The van der Waals surface area contributed by atoms with Crippen LogP contribution < -0.4 is 10.1 Å². The van der Waals surface area contributed by atoms with Crippen LogP contribution in [-0.2, 0) is 6.54 Å². The Morgan fingerprint density at radius 2 is 2.05 bits per heavy atom. The number of aromatic nitrogens is 1. The minimum absolute atomic E-state index is 0.200. The number of pyridine rings is 1. The molecular formula is C16H19FN2O. The van der Waals surface area contributed by atoms with Crippen molar-refractivity contribution in [2.75, 3.05) is 13.7 Å². The van der Waals surface area contributed by atoms with Gasteiger partial charge in [-0.1, -0.05) is 13.0 Å². The van der Waals surface area contributed by atoms with E-state index >= 15 is 0 Å². The zero-order chi connectivity index (χ0) is 14.4. The van der Waals surface area contributed by atoms with Gasteiger partial charge in [-0.25, -0.2) is 4.39 Å². The summed E-state index contributed by atoms with van der Waals surface area (Å²) in [6.07, 6.45) is 4.40. The first kappa shape index (κ1) is 14.5. The molecule has 106 valence electrons. The maximum atomic E-state index is 13.6. The Hall–Kier alpha value is -1.94. The van der Waals surface area contributed by atoms with E-state index in [-0.39, 0.29) is 5.82 Å². The summed E-state index contributed by atoms with van der Waals surface area (Å²) < 4.78 is 19.2. The Labute approximate surface area is 118 Å². The van der Waals surface area contributed by atoms with Gasteiger partial charge in [0, 0.05) is 23.9 Å². The molecule has 4 heteroatoms. The van der Waals surface area contributed by atoms with E-state index in [4.69, 9.17) is 4.74 Å². The molecule has 0 aliphatic heterocycles. The smallest absolute Gasteiger partial charge is 0.138 e. The minimum atomic E-state index is -0.200. The third-order valence-electron chi connectivity index (χ3n) is 2.93. The van der Waals surface area contributed by atoms with Crippen LogP contribution in [-0.4, -0.2) is 18.6 Å². The highest BCUT2D eigenvalue weighted by molar-refractivity contribution is 5.64. The van der Waals surface area contributed by atoms with E-state index in [9.17, 15) is 4.39 Å². The van der Waals surface area contributed by atoms with Gasteiger partial charge in [-0.2, -0.15) is 0 Å². The molecule has 0 bridgehead atoms. The molecule has 0 spiro atoms. The van der Waals surface area contributed by atoms with Gasteiger partial charge in [0.05, 0.1) is 12.8 Å². The van der Waals surface area contributed by atoms with Gasteiger partial charge in [0.25, 0.3) is 0 Å². The molecule has 0 saturated heterocycles. The molecule has 0 amide bonds. The van der Waals surface area contributed by atoms with E-state index in [1.54, 1.807) is 25.5 Å². The predicted octanol–water partition coefficient (Wildman–Crippen LogP) is 3.40. The van der Waals surface area contributed by atoms with E-state index in [0.717, 1.165) is 23.3 Å². The molecule has 20 heavy (non-hydrogen) atoms. The van der Waals surface area contributed by atoms with Crippen LogP contribution in [0.25, 0.3) is 11.1 Å². The van der Waals surface area contributed by atoms with Crippen molar-refractivity contribution in [1.29, 1.82) is 0 Å². The summed E-state index contributed by atoms with van der Waals surface area (Å²) in [5, 5.41) is 2.96. The van der Waals surface area contributed by atoms with Crippen LogP contribution in [0.2, 0.25) is 0 Å². The fourth-order valence-corrected chi connectivity index (χ4v) is 1.96. The SMILES string of the molecule is CCCOc1cncc(-c2ccc(F)c(CNC)c2)c1. The monoisotopic (exact) mass is 274 g/mol. The number of hydrogen-bond donors (Lipinski definition) is 1. The van der Waals surface area contributed by atoms with Crippen molar-refractivity contribution in [3.63, 3.8) is 0 Å². The number of nitrogens with one attached hydrogen (secondary N) is 1. The molecule has 1 N–H and O–H groups in total. The van der Waals surface area contributed by atoms with Gasteiger partial charge in [0.15, 0.2) is 0 Å². The molecule has 1 aromatic carbocycles. The van der Waals surface area contributed by atoms with E-state index in [0.29, 0.717) is 18.7 Å². The second-order valence-corrected chi connectivity index (χ2v) is 4.59. The molecule has 0 unspecified atom stereocenters. The molecular weight excluding hydrogens is 255 g/mol. The third kappa shape index (κ3) is 3.54. The molecule has 0 aliphatic rings. The maximum absolute atomic E-state index is 13.6. The lowest BCUT2D eigenvalue weighted by Gasteiger charge is -2.09. The van der Waals surface area contributed by atoms with Crippen LogP contribution >= 0.6 is 0 Å². The van der Waals surface area contributed by atoms with Gasteiger partial charge in [0.1, 0.15) is 11.6 Å². The van der Waals surface area contributed by atoms with Crippen molar-refractivity contribution in [2.45, 2.75) is 19.9 Å². The zero-order valence-corrected chi connectivity index (χ0v) is 11.8. The van der Waals surface area contributed by atoms with Crippen LogP contribution in [0.1, 0.15) is 18.9 Å². The number of ether oxygens (including phenoxy) is 1. The molecule has 0 aliphatic carbocycles. The summed E-state index contributed by atoms with van der Waals surface area (Å²) >= 11 is 0. The fourth-order valence-electron chi connectivity index (χ4n) is 1.96. The van der Waals surface area contributed by atoms with Crippen LogP contribution in [0.15, 0.2) is 36.7 Å². The van der Waals surface area contributed by atoms with Gasteiger partial charge >= 0.3 is 0 Å². The third-order valence-corrected chi connectivity index (χ3v) is 2.93. The highest BCUT2D eigenvalue weighted by atomic mass is 19.1. The lowest BCUT2D eigenvalue weighted by Crippen LogP contribution is -2.07. The average molecular weight is 274 g/mol. The first-order chi connectivity index (χ1) is 9.74. The van der Waals surface area contributed by atoms with E-state index in [1.807, 2.05) is 12.1 Å². The fraction of sp³-hybridized carbons (Fsp3) is 0.312. The molecule has 1 heterocycles. The Balaban J connectivity index is 2.28. The van der Waals surface area contributed by atoms with Crippen molar-refractivity contribution in [2.24, 2.45) is 0 Å². The second kappa shape index (κ2) is 7.01. The number of benzene rings is 1. The summed E-state index contributed by atoms with van der Waals surface area (Å²) in [5.41, 5.74) is 2.51. The minimum Gasteiger partial charge on any atom is -0.492 e. The lowest BCUT2D eigenvalue weighted by molar-refractivity contribution is 0.316. The highest BCUT2D eigenvalue weighted by Crippen LogP contribution is 2.24. The first-order valence-corrected chi connectivity index (χ1v) is 6.76. The Kier molecular flexibility index (Phi) is 5.07. The van der Waals surface area contributed by atoms with Gasteiger partial charge in [-0.05, 0) is 37.2 Å². The molecule has 1 aromatic heterocycles. The number of rotatable bonds is 6. The molecule has 2 aromatic rings. The summed E-state index contributed by atoms with van der Waals surface area (Å²) in [6, 6.07) is 7.02. The van der Waals surface area contributed by atoms with Gasteiger partial charge in [-0.3, -0.25) is 4.98 Å². The molecule has 0 atom stereocenters. The van der Waals surface area contributed by atoms with E-state index in [1.165, 1.54) is 6.07 Å². The Morgan fingerprint density at radius 3 is 2.80 bits per heavy atom.